The number of hydrogen-bond acceptors (Lipinski definition) is 6. The average Bonchev–Trinajstić information content (AvgIpc) is 3.40. The summed E-state index contributed by atoms with van der Waals surface area (Å²) in [5.74, 6) is -2.29. The molecule has 0 radical (unpaired) electrons. The number of amides is 1. The van der Waals surface area contributed by atoms with Crippen molar-refractivity contribution in [1.82, 2.24) is 14.4 Å². The number of carbonyl (C=O) groups is 1. The highest BCUT2D eigenvalue weighted by Crippen LogP contribution is 2.32. The van der Waals surface area contributed by atoms with E-state index in [-0.39, 0.29) is 12.5 Å². The fourth-order valence-corrected chi connectivity index (χ4v) is 4.76. The second-order valence-electron chi connectivity index (χ2n) is 7.00. The van der Waals surface area contributed by atoms with Crippen molar-refractivity contribution in [2.45, 2.75) is 17.3 Å². The first-order chi connectivity index (χ1) is 16.0. The van der Waals surface area contributed by atoms with Gasteiger partial charge in [-0.2, -0.15) is 8.78 Å². The first-order valence-electron chi connectivity index (χ1n) is 9.86. The second kappa shape index (κ2) is 9.16. The van der Waals surface area contributed by atoms with E-state index < -0.39 is 5.76 Å². The molecule has 0 saturated heterocycles. The van der Waals surface area contributed by atoms with Gasteiger partial charge in [0.05, 0.1) is 15.9 Å². The predicted molar refractivity (Wildman–Crippen MR) is 125 cm³/mol. The quantitative estimate of drug-likeness (QED) is 0.284. The number of fused-ring (bicyclic) bond motifs is 2. The fraction of sp³-hybridized carbons (Fsp3) is 0.0870. The Bertz CT molecular complexity index is 1420. The van der Waals surface area contributed by atoms with E-state index in [1.165, 1.54) is 11.3 Å². The van der Waals surface area contributed by atoms with Crippen molar-refractivity contribution in [3.8, 4) is 5.75 Å². The highest BCUT2D eigenvalue weighted by molar-refractivity contribution is 7.99. The molecule has 2 aromatic carbocycles. The minimum absolute atomic E-state index is 0.267. The summed E-state index contributed by atoms with van der Waals surface area (Å²) < 4.78 is 33.7. The molecule has 6 nitrogen and oxygen atoms in total. The van der Waals surface area contributed by atoms with Gasteiger partial charge in [0.1, 0.15) is 18.0 Å². The number of thioether (sulfide) groups is 1. The minimum atomic E-state index is -2.49. The van der Waals surface area contributed by atoms with Gasteiger partial charge in [-0.3, -0.25) is 10.1 Å². The van der Waals surface area contributed by atoms with E-state index >= 15 is 0 Å². The normalized spacial score (nSPS) is 11.4. The molecule has 0 aliphatic rings. The van der Waals surface area contributed by atoms with Gasteiger partial charge in [-0.15, -0.1) is 0 Å². The van der Waals surface area contributed by atoms with E-state index in [4.69, 9.17) is 4.74 Å². The minimum Gasteiger partial charge on any atom is -0.487 e. The molecule has 0 aliphatic heterocycles. The van der Waals surface area contributed by atoms with Crippen LogP contribution in [0.15, 0.2) is 78.0 Å². The van der Waals surface area contributed by atoms with Crippen LogP contribution in [0.1, 0.15) is 16.1 Å². The van der Waals surface area contributed by atoms with Crippen molar-refractivity contribution >= 4 is 50.0 Å². The van der Waals surface area contributed by atoms with Crippen LogP contribution in [0.5, 0.6) is 5.75 Å². The van der Waals surface area contributed by atoms with Gasteiger partial charge in [0.15, 0.2) is 5.13 Å². The van der Waals surface area contributed by atoms with Gasteiger partial charge in [-0.05, 0) is 48.5 Å². The summed E-state index contributed by atoms with van der Waals surface area (Å²) in [4.78, 5) is 22.0. The number of alkyl halides is 2. The molecule has 0 unspecified atom stereocenters. The van der Waals surface area contributed by atoms with Crippen LogP contribution in [-0.2, 0) is 6.61 Å². The summed E-state index contributed by atoms with van der Waals surface area (Å²) in [6, 6.07) is 17.5. The molecule has 1 amide bonds. The molecule has 33 heavy (non-hydrogen) atoms. The number of thiazole rings is 1. The predicted octanol–water partition coefficient (Wildman–Crippen LogP) is 6.09. The Kier molecular flexibility index (Phi) is 5.93. The number of aromatic nitrogens is 3. The van der Waals surface area contributed by atoms with Gasteiger partial charge in [0, 0.05) is 22.9 Å². The van der Waals surface area contributed by atoms with Crippen molar-refractivity contribution in [2.24, 2.45) is 0 Å². The molecule has 0 spiro atoms. The van der Waals surface area contributed by atoms with Gasteiger partial charge in [-0.1, -0.05) is 35.2 Å². The largest absolute Gasteiger partial charge is 0.487 e. The van der Waals surface area contributed by atoms with Crippen molar-refractivity contribution < 1.29 is 18.3 Å². The van der Waals surface area contributed by atoms with E-state index in [0.29, 0.717) is 38.6 Å². The molecule has 0 fully saturated rings. The van der Waals surface area contributed by atoms with Gasteiger partial charge < -0.3 is 9.14 Å². The van der Waals surface area contributed by atoms with Crippen molar-refractivity contribution in [3.05, 3.63) is 84.3 Å². The van der Waals surface area contributed by atoms with Crippen LogP contribution in [0, 0.1) is 0 Å². The lowest BCUT2D eigenvalue weighted by Crippen LogP contribution is -2.11. The van der Waals surface area contributed by atoms with E-state index in [1.54, 1.807) is 42.5 Å². The van der Waals surface area contributed by atoms with Gasteiger partial charge in [0.25, 0.3) is 11.7 Å². The highest BCUT2D eigenvalue weighted by Gasteiger charge is 2.13. The number of imidazole rings is 1. The maximum absolute atomic E-state index is 12.7. The zero-order valence-corrected chi connectivity index (χ0v) is 18.6. The molecular formula is C23H16F2N4O2S2. The smallest absolute Gasteiger partial charge is 0.288 e. The van der Waals surface area contributed by atoms with E-state index in [1.807, 2.05) is 35.0 Å². The summed E-state index contributed by atoms with van der Waals surface area (Å²) in [5, 5.41) is 3.16. The number of rotatable bonds is 7. The number of anilines is 1. The molecule has 3 aromatic heterocycles. The van der Waals surface area contributed by atoms with Crippen LogP contribution in [0.4, 0.5) is 13.9 Å². The SMILES string of the molecule is O=C(Nc1nc2ccc(SC(F)F)cc2s1)c1cccc(OCc2cn3ccccc3n2)c1. The lowest BCUT2D eigenvalue weighted by Gasteiger charge is -2.06. The molecule has 5 aromatic rings. The summed E-state index contributed by atoms with van der Waals surface area (Å²) in [7, 11) is 0. The lowest BCUT2D eigenvalue weighted by molar-refractivity contribution is 0.102. The van der Waals surface area contributed by atoms with Gasteiger partial charge in [0.2, 0.25) is 0 Å². The summed E-state index contributed by atoms with van der Waals surface area (Å²) in [6.45, 7) is 0.267. The number of ether oxygens (including phenoxy) is 1. The van der Waals surface area contributed by atoms with Crippen LogP contribution in [0.25, 0.3) is 15.9 Å². The highest BCUT2D eigenvalue weighted by atomic mass is 32.2. The van der Waals surface area contributed by atoms with Crippen LogP contribution >= 0.6 is 23.1 Å². The molecule has 10 heteroatoms. The fourth-order valence-electron chi connectivity index (χ4n) is 3.25. The maximum atomic E-state index is 12.7. The van der Waals surface area contributed by atoms with Gasteiger partial charge in [-0.25, -0.2) is 9.97 Å². The number of halogens is 2. The Hall–Kier alpha value is -3.50. The van der Waals surface area contributed by atoms with Crippen molar-refractivity contribution in [1.29, 1.82) is 0 Å². The Morgan fingerprint density at radius 3 is 2.88 bits per heavy atom. The Balaban J connectivity index is 1.26. The Labute approximate surface area is 195 Å². The number of hydrogen-bond donors (Lipinski definition) is 1. The standard InChI is InChI=1S/C23H16F2N4O2S2/c24-22(25)32-17-7-8-18-19(11-17)33-23(27-18)28-21(30)14-4-3-5-16(10-14)31-13-15-12-29-9-2-1-6-20(29)26-15/h1-12,22H,13H2,(H,27,28,30). The molecule has 5 rings (SSSR count). The monoisotopic (exact) mass is 482 g/mol. The van der Waals surface area contributed by atoms with E-state index in [2.05, 4.69) is 15.3 Å². The summed E-state index contributed by atoms with van der Waals surface area (Å²) >= 11 is 1.71. The van der Waals surface area contributed by atoms with E-state index in [9.17, 15) is 13.6 Å². The Morgan fingerprint density at radius 2 is 2.03 bits per heavy atom. The topological polar surface area (TPSA) is 68.5 Å². The van der Waals surface area contributed by atoms with Crippen LogP contribution in [0.3, 0.4) is 0 Å². The maximum Gasteiger partial charge on any atom is 0.288 e. The number of nitrogens with one attached hydrogen (secondary N) is 1. The van der Waals surface area contributed by atoms with Crippen LogP contribution in [0.2, 0.25) is 0 Å². The molecule has 0 saturated carbocycles. The molecule has 1 N–H and O–H groups in total. The molecular weight excluding hydrogens is 466 g/mol. The second-order valence-corrected chi connectivity index (χ2v) is 9.09. The summed E-state index contributed by atoms with van der Waals surface area (Å²) in [5.41, 5.74) is 2.66. The lowest BCUT2D eigenvalue weighted by atomic mass is 10.2. The summed E-state index contributed by atoms with van der Waals surface area (Å²) in [6.07, 6.45) is 3.81. The number of nitrogens with zero attached hydrogens (tertiary/aromatic N) is 3. The zero-order chi connectivity index (χ0) is 22.8. The number of pyridine rings is 1. The van der Waals surface area contributed by atoms with Crippen molar-refractivity contribution in [2.75, 3.05) is 5.32 Å². The van der Waals surface area contributed by atoms with Crippen LogP contribution in [-0.4, -0.2) is 26.0 Å². The molecule has 166 valence electrons. The average molecular weight is 483 g/mol. The van der Waals surface area contributed by atoms with Crippen LogP contribution < -0.4 is 10.1 Å². The third-order valence-corrected chi connectivity index (χ3v) is 6.34. The molecule has 0 bridgehead atoms. The molecule has 0 aliphatic carbocycles. The number of carbonyl (C=O) groups excluding carboxylic acids is 1. The Morgan fingerprint density at radius 1 is 1.12 bits per heavy atom. The molecule has 3 heterocycles. The third kappa shape index (κ3) is 4.96. The van der Waals surface area contributed by atoms with Gasteiger partial charge >= 0.3 is 0 Å². The van der Waals surface area contributed by atoms with E-state index in [0.717, 1.165) is 16.0 Å². The third-order valence-electron chi connectivity index (χ3n) is 4.70. The number of benzene rings is 2. The zero-order valence-electron chi connectivity index (χ0n) is 16.9. The first-order valence-corrected chi connectivity index (χ1v) is 11.6. The molecule has 0 atom stereocenters. The first kappa shape index (κ1) is 21.4. The van der Waals surface area contributed by atoms with Crippen molar-refractivity contribution in [3.63, 3.8) is 0 Å².